The minimum absolute atomic E-state index is 0.118. The molecule has 1 aliphatic rings. The topological polar surface area (TPSA) is 108 Å². The highest BCUT2D eigenvalue weighted by Crippen LogP contribution is 2.23. The summed E-state index contributed by atoms with van der Waals surface area (Å²) >= 11 is 0. The van der Waals surface area contributed by atoms with E-state index in [9.17, 15) is 8.76 Å². The number of aromatic nitrogens is 4. The maximum absolute atomic E-state index is 12.7. The van der Waals surface area contributed by atoms with Gasteiger partial charge < -0.3 is 14.2 Å². The summed E-state index contributed by atoms with van der Waals surface area (Å²) in [6.07, 6.45) is 1.40. The number of nitrogens with one attached hydrogen (secondary N) is 1. The lowest BCUT2D eigenvalue weighted by Gasteiger charge is -2.33. The van der Waals surface area contributed by atoms with Gasteiger partial charge in [0.2, 0.25) is 0 Å². The summed E-state index contributed by atoms with van der Waals surface area (Å²) in [7, 11) is -2.07. The van der Waals surface area contributed by atoms with Gasteiger partial charge in [-0.25, -0.2) is 0 Å². The fraction of sp³-hybridized carbons (Fsp3) is 0.389. The van der Waals surface area contributed by atoms with Gasteiger partial charge in [-0.3, -0.25) is 0 Å². The number of aryl methyl sites for hydroxylation is 1. The normalized spacial score (nSPS) is 17.6. The lowest BCUT2D eigenvalue weighted by Crippen LogP contribution is -2.47. The predicted octanol–water partition coefficient (Wildman–Crippen LogP) is 1.60. The highest BCUT2D eigenvalue weighted by molar-refractivity contribution is 7.95. The van der Waals surface area contributed by atoms with Gasteiger partial charge in [0.15, 0.2) is 26.8 Å². The molecule has 3 heterocycles. The minimum atomic E-state index is -3.59. The van der Waals surface area contributed by atoms with Crippen molar-refractivity contribution in [2.24, 2.45) is 0 Å². The highest BCUT2D eigenvalue weighted by Gasteiger charge is 2.29. The van der Waals surface area contributed by atoms with E-state index in [1.165, 1.54) is 13.2 Å². The fourth-order valence-electron chi connectivity index (χ4n) is 3.34. The van der Waals surface area contributed by atoms with E-state index in [2.05, 4.69) is 24.9 Å². The average molecular weight is 402 g/mol. The molecule has 0 bridgehead atoms. The molecule has 0 aliphatic carbocycles. The van der Waals surface area contributed by atoms with Crippen molar-refractivity contribution < 1.29 is 13.5 Å². The van der Waals surface area contributed by atoms with Crippen LogP contribution in [0.25, 0.3) is 5.65 Å². The third-order valence-electron chi connectivity index (χ3n) is 4.90. The number of fused-ring (bicyclic) bond motifs is 1. The molecule has 28 heavy (non-hydrogen) atoms. The second-order valence-electron chi connectivity index (χ2n) is 6.77. The number of sulfonamides is 1. The van der Waals surface area contributed by atoms with Crippen molar-refractivity contribution in [1.82, 2.24) is 24.5 Å². The van der Waals surface area contributed by atoms with Crippen LogP contribution < -0.4 is 14.4 Å². The number of methoxy groups -OCH3 is 1. The van der Waals surface area contributed by atoms with Crippen LogP contribution in [0.3, 0.4) is 0 Å². The zero-order valence-electron chi connectivity index (χ0n) is 15.7. The van der Waals surface area contributed by atoms with E-state index in [-0.39, 0.29) is 10.9 Å². The quantitative estimate of drug-likeness (QED) is 0.646. The number of benzene rings is 1. The number of hydrogen-bond donors (Lipinski definition) is 1. The molecule has 0 radical (unpaired) electrons. The summed E-state index contributed by atoms with van der Waals surface area (Å²) in [6, 6.07) is 10.2. The summed E-state index contributed by atoms with van der Waals surface area (Å²) in [5, 5.41) is 12.7. The summed E-state index contributed by atoms with van der Waals surface area (Å²) < 4.78 is 35.0. The first kappa shape index (κ1) is 18.8. The fourth-order valence-corrected chi connectivity index (χ4v) is 4.68. The second kappa shape index (κ2) is 7.46. The van der Waals surface area contributed by atoms with Crippen molar-refractivity contribution in [3.8, 4) is 5.75 Å². The van der Waals surface area contributed by atoms with Gasteiger partial charge >= 0.3 is 0 Å². The molecule has 0 saturated carbocycles. The van der Waals surface area contributed by atoms with Gasteiger partial charge in [0.05, 0.1) is 13.2 Å². The van der Waals surface area contributed by atoms with Crippen LogP contribution in [0.15, 0.2) is 41.3 Å². The van der Waals surface area contributed by atoms with Crippen molar-refractivity contribution in [3.63, 3.8) is 0 Å². The number of hydrogen-bond acceptors (Lipinski definition) is 7. The third-order valence-corrected chi connectivity index (χ3v) is 6.42. The van der Waals surface area contributed by atoms with Crippen molar-refractivity contribution in [2.45, 2.75) is 30.7 Å². The SMILES string of the molecule is COc1cccc([S+](=O)([O-])NC2CCN(c3ccc4nnc(C)n4n3)CC2)c1. The largest absolute Gasteiger partial charge is 0.593 e. The summed E-state index contributed by atoms with van der Waals surface area (Å²) in [5.41, 5.74) is 0.710. The Balaban J connectivity index is 1.41. The van der Waals surface area contributed by atoms with Crippen LogP contribution in [0.1, 0.15) is 18.7 Å². The average Bonchev–Trinajstić information content (AvgIpc) is 3.08. The molecule has 1 saturated heterocycles. The van der Waals surface area contributed by atoms with Crippen molar-refractivity contribution >= 4 is 21.9 Å². The van der Waals surface area contributed by atoms with Gasteiger partial charge in [0.1, 0.15) is 11.6 Å². The maximum atomic E-state index is 12.7. The monoisotopic (exact) mass is 402 g/mol. The number of piperidine rings is 1. The van der Waals surface area contributed by atoms with Crippen LogP contribution in [-0.4, -0.2) is 50.6 Å². The molecule has 0 spiro atoms. The van der Waals surface area contributed by atoms with Crippen LogP contribution in [0.2, 0.25) is 0 Å². The van der Waals surface area contributed by atoms with Crippen LogP contribution in [-0.2, 0) is 14.6 Å². The number of rotatable bonds is 5. The summed E-state index contributed by atoms with van der Waals surface area (Å²) in [5.74, 6) is 2.09. The maximum Gasteiger partial charge on any atom is 0.178 e. The molecule has 9 nitrogen and oxygen atoms in total. The Hall–Kier alpha value is -2.56. The lowest BCUT2D eigenvalue weighted by atomic mass is 10.1. The Morgan fingerprint density at radius 2 is 2.00 bits per heavy atom. The Kier molecular flexibility index (Phi) is 5.00. The zero-order valence-corrected chi connectivity index (χ0v) is 16.6. The molecule has 1 atom stereocenters. The summed E-state index contributed by atoms with van der Waals surface area (Å²) in [4.78, 5) is 2.36. The number of anilines is 1. The molecule has 3 aromatic rings. The molecular formula is C18H22N6O3S. The molecule has 1 aliphatic heterocycles. The Bertz CT molecular complexity index is 1030. The van der Waals surface area contributed by atoms with Gasteiger partial charge in [-0.05, 0) is 44.0 Å². The molecule has 148 valence electrons. The van der Waals surface area contributed by atoms with E-state index in [1.54, 1.807) is 22.7 Å². The Morgan fingerprint density at radius 1 is 1.21 bits per heavy atom. The summed E-state index contributed by atoms with van der Waals surface area (Å²) in [6.45, 7) is 3.28. The van der Waals surface area contributed by atoms with E-state index < -0.39 is 10.4 Å². The molecule has 2 aromatic heterocycles. The highest BCUT2D eigenvalue weighted by atomic mass is 32.3. The van der Waals surface area contributed by atoms with E-state index in [4.69, 9.17) is 4.74 Å². The van der Waals surface area contributed by atoms with E-state index in [0.717, 1.165) is 11.6 Å². The van der Waals surface area contributed by atoms with Gasteiger partial charge in [0, 0.05) is 19.2 Å². The van der Waals surface area contributed by atoms with Crippen LogP contribution in [0.5, 0.6) is 5.75 Å². The molecule has 1 unspecified atom stereocenters. The Morgan fingerprint density at radius 3 is 2.75 bits per heavy atom. The first-order valence-corrected chi connectivity index (χ1v) is 10.5. The van der Waals surface area contributed by atoms with Gasteiger partial charge in [-0.1, -0.05) is 10.3 Å². The van der Waals surface area contributed by atoms with E-state index in [0.29, 0.717) is 37.3 Å². The number of ether oxygens (including phenoxy) is 1. The van der Waals surface area contributed by atoms with Crippen molar-refractivity contribution in [1.29, 1.82) is 0 Å². The van der Waals surface area contributed by atoms with E-state index >= 15 is 0 Å². The Labute approximate surface area is 164 Å². The first-order chi connectivity index (χ1) is 13.5. The second-order valence-corrected chi connectivity index (χ2v) is 8.48. The van der Waals surface area contributed by atoms with Crippen LogP contribution >= 0.6 is 0 Å². The first-order valence-electron chi connectivity index (χ1n) is 9.07. The molecule has 0 amide bonds. The van der Waals surface area contributed by atoms with Gasteiger partial charge in [-0.2, -0.15) is 4.52 Å². The molecule has 10 heteroatoms. The van der Waals surface area contributed by atoms with Gasteiger partial charge in [-0.15, -0.1) is 20.0 Å². The molecule has 4 rings (SSSR count). The third kappa shape index (κ3) is 3.71. The van der Waals surface area contributed by atoms with E-state index in [1.807, 2.05) is 19.1 Å². The van der Waals surface area contributed by atoms with Crippen molar-refractivity contribution in [3.05, 3.63) is 42.2 Å². The lowest BCUT2D eigenvalue weighted by molar-refractivity contribution is 0.408. The minimum Gasteiger partial charge on any atom is -0.593 e. The molecule has 1 fully saturated rings. The predicted molar refractivity (Wildman–Crippen MR) is 104 cm³/mol. The standard InChI is InChI=1S/C18H22N6O3S/c1-13-19-20-17-6-7-18(21-24(13)17)23-10-8-14(9-11-23)22-28(25,26)16-5-3-4-15(12-16)27-2/h3-7,12,14H,8-11H2,1-2H3,(H-,22,25,26). The smallest absolute Gasteiger partial charge is 0.178 e. The van der Waals surface area contributed by atoms with Gasteiger partial charge in [0.25, 0.3) is 0 Å². The number of nitrogens with zero attached hydrogens (tertiary/aromatic N) is 5. The van der Waals surface area contributed by atoms with Crippen LogP contribution in [0.4, 0.5) is 5.82 Å². The molecule has 1 aromatic carbocycles. The zero-order chi connectivity index (χ0) is 19.7. The van der Waals surface area contributed by atoms with Crippen LogP contribution in [0, 0.1) is 6.92 Å². The molecule has 1 N–H and O–H groups in total. The molecular weight excluding hydrogens is 380 g/mol. The van der Waals surface area contributed by atoms with Crippen molar-refractivity contribution in [2.75, 3.05) is 25.1 Å².